The number of rotatable bonds is 4. The van der Waals surface area contributed by atoms with Crippen molar-refractivity contribution < 1.29 is 14.0 Å². The molecule has 2 aliphatic heterocycles. The van der Waals surface area contributed by atoms with Crippen LogP contribution in [0.15, 0.2) is 24.3 Å². The Labute approximate surface area is 165 Å². The summed E-state index contributed by atoms with van der Waals surface area (Å²) in [7, 11) is 0. The van der Waals surface area contributed by atoms with Gasteiger partial charge in [0.05, 0.1) is 12.5 Å². The van der Waals surface area contributed by atoms with E-state index in [-0.39, 0.29) is 30.1 Å². The molecular weight excluding hydrogens is 359 g/mol. The van der Waals surface area contributed by atoms with E-state index in [1.165, 1.54) is 25.0 Å². The lowest BCUT2D eigenvalue weighted by Crippen LogP contribution is -2.59. The molecule has 0 radical (unpaired) electrons. The van der Waals surface area contributed by atoms with Gasteiger partial charge in [0, 0.05) is 51.0 Å². The Morgan fingerprint density at radius 1 is 1.04 bits per heavy atom. The molecule has 0 bridgehead atoms. The molecule has 6 nitrogen and oxygen atoms in total. The normalized spacial score (nSPS) is 24.5. The summed E-state index contributed by atoms with van der Waals surface area (Å²) in [5, 5.41) is 2.94. The summed E-state index contributed by atoms with van der Waals surface area (Å²) in [5.41, 5.74) is 0.979. The minimum absolute atomic E-state index is 0.00329. The summed E-state index contributed by atoms with van der Waals surface area (Å²) in [4.78, 5) is 31.7. The lowest BCUT2D eigenvalue weighted by atomic mass is 10.0. The quantitative estimate of drug-likeness (QED) is 0.852. The lowest BCUT2D eigenvalue weighted by molar-refractivity contribution is -0.140. The molecule has 3 fully saturated rings. The molecule has 7 heteroatoms. The molecule has 1 aromatic rings. The molecule has 152 valence electrons. The highest BCUT2D eigenvalue weighted by Gasteiger charge is 2.37. The summed E-state index contributed by atoms with van der Waals surface area (Å²) in [6, 6.07) is 6.59. The van der Waals surface area contributed by atoms with E-state index in [1.807, 2.05) is 4.90 Å². The van der Waals surface area contributed by atoms with Crippen molar-refractivity contribution in [3.63, 3.8) is 0 Å². The van der Waals surface area contributed by atoms with Crippen molar-refractivity contribution in [1.29, 1.82) is 0 Å². The highest BCUT2D eigenvalue weighted by atomic mass is 19.1. The van der Waals surface area contributed by atoms with Gasteiger partial charge in [-0.1, -0.05) is 12.8 Å². The monoisotopic (exact) mass is 388 g/mol. The van der Waals surface area contributed by atoms with Crippen LogP contribution in [-0.4, -0.2) is 73.0 Å². The number of nitrogens with zero attached hydrogens (tertiary/aromatic N) is 3. The van der Waals surface area contributed by atoms with Crippen LogP contribution in [0.3, 0.4) is 0 Å². The summed E-state index contributed by atoms with van der Waals surface area (Å²) >= 11 is 0. The van der Waals surface area contributed by atoms with Gasteiger partial charge >= 0.3 is 0 Å². The fourth-order valence-corrected chi connectivity index (χ4v) is 4.78. The first-order chi connectivity index (χ1) is 13.6. The first-order valence-electron chi connectivity index (χ1n) is 10.4. The molecule has 0 aromatic heterocycles. The van der Waals surface area contributed by atoms with E-state index in [9.17, 15) is 14.0 Å². The van der Waals surface area contributed by atoms with Gasteiger partial charge < -0.3 is 15.1 Å². The molecule has 1 saturated carbocycles. The molecular formula is C21H29FN4O2. The van der Waals surface area contributed by atoms with Crippen LogP contribution in [0.1, 0.15) is 32.1 Å². The SMILES string of the molecule is O=C1NCCN(C2CCCC2)C1CC(=O)N1CCN(c2ccc(F)cc2)CC1. The van der Waals surface area contributed by atoms with Gasteiger partial charge in [-0.15, -0.1) is 0 Å². The Morgan fingerprint density at radius 2 is 1.71 bits per heavy atom. The maximum absolute atomic E-state index is 13.1. The van der Waals surface area contributed by atoms with Crippen molar-refractivity contribution >= 4 is 17.5 Å². The Balaban J connectivity index is 1.34. The maximum Gasteiger partial charge on any atom is 0.237 e. The third-order valence-electron chi connectivity index (χ3n) is 6.36. The van der Waals surface area contributed by atoms with Crippen LogP contribution in [0.25, 0.3) is 0 Å². The van der Waals surface area contributed by atoms with Gasteiger partial charge in [-0.25, -0.2) is 4.39 Å². The van der Waals surface area contributed by atoms with Crippen molar-refractivity contribution in [2.45, 2.75) is 44.2 Å². The zero-order chi connectivity index (χ0) is 19.5. The van der Waals surface area contributed by atoms with Gasteiger partial charge in [-0.05, 0) is 37.1 Å². The molecule has 1 atom stereocenters. The molecule has 2 amide bonds. The fraction of sp³-hybridized carbons (Fsp3) is 0.619. The number of nitrogens with one attached hydrogen (secondary N) is 1. The fourth-order valence-electron chi connectivity index (χ4n) is 4.78. The third kappa shape index (κ3) is 4.14. The van der Waals surface area contributed by atoms with E-state index < -0.39 is 0 Å². The Kier molecular flexibility index (Phi) is 5.80. The van der Waals surface area contributed by atoms with Gasteiger partial charge in [-0.2, -0.15) is 0 Å². The second kappa shape index (κ2) is 8.47. The van der Waals surface area contributed by atoms with Crippen LogP contribution in [0.4, 0.5) is 10.1 Å². The van der Waals surface area contributed by atoms with E-state index in [1.54, 1.807) is 12.1 Å². The number of hydrogen-bond donors (Lipinski definition) is 1. The largest absolute Gasteiger partial charge is 0.368 e. The minimum Gasteiger partial charge on any atom is -0.368 e. The number of carbonyl (C=O) groups is 2. The van der Waals surface area contributed by atoms with E-state index in [2.05, 4.69) is 15.1 Å². The van der Waals surface area contributed by atoms with E-state index in [0.717, 1.165) is 38.2 Å². The van der Waals surface area contributed by atoms with Crippen molar-refractivity contribution in [3.05, 3.63) is 30.1 Å². The second-order valence-electron chi connectivity index (χ2n) is 8.03. The lowest BCUT2D eigenvalue weighted by Gasteiger charge is -2.41. The molecule has 1 aromatic carbocycles. The van der Waals surface area contributed by atoms with Gasteiger partial charge in [0.25, 0.3) is 0 Å². The summed E-state index contributed by atoms with van der Waals surface area (Å²) in [5.74, 6) is -0.185. The van der Waals surface area contributed by atoms with Crippen LogP contribution >= 0.6 is 0 Å². The predicted molar refractivity (Wildman–Crippen MR) is 106 cm³/mol. The van der Waals surface area contributed by atoms with Gasteiger partial charge in [0.1, 0.15) is 5.82 Å². The first kappa shape index (κ1) is 19.2. The van der Waals surface area contributed by atoms with Crippen LogP contribution in [0.2, 0.25) is 0 Å². The van der Waals surface area contributed by atoms with Gasteiger partial charge in [0.2, 0.25) is 11.8 Å². The number of carbonyl (C=O) groups excluding carboxylic acids is 2. The number of amides is 2. The Hall–Kier alpha value is -2.15. The average molecular weight is 388 g/mol. The minimum atomic E-state index is -0.334. The van der Waals surface area contributed by atoms with Crippen molar-refractivity contribution in [1.82, 2.24) is 15.1 Å². The van der Waals surface area contributed by atoms with Crippen LogP contribution in [0, 0.1) is 5.82 Å². The molecule has 0 spiro atoms. The van der Waals surface area contributed by atoms with Crippen molar-refractivity contribution in [2.24, 2.45) is 0 Å². The van der Waals surface area contributed by atoms with Crippen LogP contribution < -0.4 is 10.2 Å². The average Bonchev–Trinajstić information content (AvgIpc) is 3.25. The summed E-state index contributed by atoms with van der Waals surface area (Å²) in [6.45, 7) is 4.23. The van der Waals surface area contributed by atoms with Crippen LogP contribution in [-0.2, 0) is 9.59 Å². The second-order valence-corrected chi connectivity index (χ2v) is 8.03. The van der Waals surface area contributed by atoms with Crippen molar-refractivity contribution in [2.75, 3.05) is 44.2 Å². The molecule has 4 rings (SSSR count). The highest BCUT2D eigenvalue weighted by molar-refractivity contribution is 5.89. The zero-order valence-corrected chi connectivity index (χ0v) is 16.3. The molecule has 1 unspecified atom stereocenters. The zero-order valence-electron chi connectivity index (χ0n) is 16.3. The number of hydrogen-bond acceptors (Lipinski definition) is 4. The van der Waals surface area contributed by atoms with E-state index >= 15 is 0 Å². The molecule has 28 heavy (non-hydrogen) atoms. The number of benzene rings is 1. The van der Waals surface area contributed by atoms with Gasteiger partial charge in [0.15, 0.2) is 0 Å². The van der Waals surface area contributed by atoms with E-state index in [4.69, 9.17) is 0 Å². The summed E-state index contributed by atoms with van der Waals surface area (Å²) in [6.07, 6.45) is 4.96. The molecule has 1 aliphatic carbocycles. The standard InChI is InChI=1S/C21H29FN4O2/c22-16-5-7-17(8-6-16)24-11-13-25(14-12-24)20(27)15-19-21(28)23-9-10-26(19)18-3-1-2-4-18/h5-8,18-19H,1-4,9-15H2,(H,23,28). The van der Waals surface area contributed by atoms with Crippen molar-refractivity contribution in [3.8, 4) is 0 Å². The first-order valence-corrected chi connectivity index (χ1v) is 10.4. The molecule has 3 aliphatic rings. The third-order valence-corrected chi connectivity index (χ3v) is 6.36. The Morgan fingerprint density at radius 3 is 2.39 bits per heavy atom. The molecule has 2 heterocycles. The summed E-state index contributed by atoms with van der Waals surface area (Å²) < 4.78 is 13.1. The van der Waals surface area contributed by atoms with Gasteiger partial charge in [-0.3, -0.25) is 14.5 Å². The number of anilines is 1. The maximum atomic E-state index is 13.1. The van der Waals surface area contributed by atoms with Crippen LogP contribution in [0.5, 0.6) is 0 Å². The highest BCUT2D eigenvalue weighted by Crippen LogP contribution is 2.27. The Bertz CT molecular complexity index is 697. The number of halogens is 1. The molecule has 1 N–H and O–H groups in total. The van der Waals surface area contributed by atoms with E-state index in [0.29, 0.717) is 25.7 Å². The number of piperazine rings is 2. The topological polar surface area (TPSA) is 55.9 Å². The smallest absolute Gasteiger partial charge is 0.237 e. The molecule has 2 saturated heterocycles. The predicted octanol–water partition coefficient (Wildman–Crippen LogP) is 1.61.